The Kier molecular flexibility index (Phi) is 7.45. The third-order valence-corrected chi connectivity index (χ3v) is 3.13. The van der Waals surface area contributed by atoms with E-state index in [0.717, 1.165) is 0 Å². The predicted octanol–water partition coefficient (Wildman–Crippen LogP) is 1.90. The number of carbonyl (C=O) groups excluding carboxylic acids is 2. The minimum Gasteiger partial charge on any atom is -0.444 e. The van der Waals surface area contributed by atoms with Crippen molar-refractivity contribution in [2.45, 2.75) is 13.8 Å². The number of ether oxygens (including phenoxy) is 1. The van der Waals surface area contributed by atoms with Gasteiger partial charge in [0, 0.05) is 20.2 Å². The monoisotopic (exact) mass is 360 g/mol. The molecule has 0 aliphatic carbocycles. The van der Waals surface area contributed by atoms with Crippen molar-refractivity contribution < 1.29 is 18.7 Å². The molecular formula is C14H21BrN2O4. The van der Waals surface area contributed by atoms with Gasteiger partial charge in [0.2, 0.25) is 5.91 Å². The van der Waals surface area contributed by atoms with E-state index in [1.807, 2.05) is 13.8 Å². The number of hydrogen-bond acceptors (Lipinski definition) is 4. The van der Waals surface area contributed by atoms with Gasteiger partial charge in [-0.25, -0.2) is 0 Å². The normalized spacial score (nSPS) is 10.7. The van der Waals surface area contributed by atoms with Crippen LogP contribution in [0.5, 0.6) is 0 Å². The van der Waals surface area contributed by atoms with Gasteiger partial charge in [0.15, 0.2) is 10.4 Å². The van der Waals surface area contributed by atoms with Gasteiger partial charge in [-0.05, 0) is 34.0 Å². The fourth-order valence-corrected chi connectivity index (χ4v) is 2.06. The van der Waals surface area contributed by atoms with Crippen LogP contribution >= 0.6 is 15.9 Å². The lowest BCUT2D eigenvalue weighted by molar-refractivity contribution is -0.131. The summed E-state index contributed by atoms with van der Waals surface area (Å²) in [5.41, 5.74) is 0. The van der Waals surface area contributed by atoms with Crippen LogP contribution in [0.15, 0.2) is 21.2 Å². The van der Waals surface area contributed by atoms with E-state index in [9.17, 15) is 9.59 Å². The predicted molar refractivity (Wildman–Crippen MR) is 82.0 cm³/mol. The first kappa shape index (κ1) is 17.7. The van der Waals surface area contributed by atoms with Gasteiger partial charge in [0.1, 0.15) is 0 Å². The molecule has 7 heteroatoms. The smallest absolute Gasteiger partial charge is 0.287 e. The number of amides is 2. The Hall–Kier alpha value is -1.34. The summed E-state index contributed by atoms with van der Waals surface area (Å²) < 4.78 is 10.6. The Labute approximate surface area is 132 Å². The summed E-state index contributed by atoms with van der Waals surface area (Å²) in [5.74, 6) is -0.0328. The molecule has 1 heterocycles. The van der Waals surface area contributed by atoms with Crippen molar-refractivity contribution in [3.8, 4) is 0 Å². The molecule has 1 aromatic rings. The van der Waals surface area contributed by atoms with E-state index in [1.54, 1.807) is 24.1 Å². The lowest BCUT2D eigenvalue weighted by atomic mass is 10.2. The molecule has 2 amide bonds. The molecule has 0 aromatic carbocycles. The number of rotatable bonds is 8. The highest BCUT2D eigenvalue weighted by atomic mass is 79.9. The van der Waals surface area contributed by atoms with Gasteiger partial charge >= 0.3 is 0 Å². The molecular weight excluding hydrogens is 340 g/mol. The molecule has 0 radical (unpaired) electrons. The lowest BCUT2D eigenvalue weighted by Crippen LogP contribution is -2.43. The average Bonchev–Trinajstić information content (AvgIpc) is 2.86. The second-order valence-electron chi connectivity index (χ2n) is 5.01. The Bertz CT molecular complexity index is 473. The summed E-state index contributed by atoms with van der Waals surface area (Å²) in [7, 11) is 1.59. The molecule has 0 bridgehead atoms. The van der Waals surface area contributed by atoms with E-state index >= 15 is 0 Å². The van der Waals surface area contributed by atoms with Crippen molar-refractivity contribution in [1.29, 1.82) is 0 Å². The Morgan fingerprint density at radius 3 is 2.67 bits per heavy atom. The van der Waals surface area contributed by atoms with Crippen molar-refractivity contribution in [3.63, 3.8) is 0 Å². The maximum atomic E-state index is 12.1. The SMILES string of the molecule is COCCN(CC(C)C)C(=O)CNC(=O)c1ccc(Br)o1. The minimum atomic E-state index is -0.412. The number of hydrogen-bond donors (Lipinski definition) is 1. The van der Waals surface area contributed by atoms with Gasteiger partial charge in [-0.2, -0.15) is 0 Å². The maximum absolute atomic E-state index is 12.1. The van der Waals surface area contributed by atoms with Crippen molar-refractivity contribution in [2.75, 3.05) is 33.4 Å². The standard InChI is InChI=1S/C14H21BrN2O4/c1-10(2)9-17(6-7-20-3)13(18)8-16-14(19)11-4-5-12(15)21-11/h4-5,10H,6-9H2,1-3H3,(H,16,19). The number of nitrogens with one attached hydrogen (secondary N) is 1. The Balaban J connectivity index is 2.50. The van der Waals surface area contributed by atoms with Crippen molar-refractivity contribution in [3.05, 3.63) is 22.6 Å². The third kappa shape index (κ3) is 6.31. The molecule has 0 saturated carbocycles. The van der Waals surface area contributed by atoms with E-state index in [4.69, 9.17) is 9.15 Å². The number of furan rings is 1. The molecule has 118 valence electrons. The lowest BCUT2D eigenvalue weighted by Gasteiger charge is -2.24. The van der Waals surface area contributed by atoms with Crippen LogP contribution in [-0.4, -0.2) is 50.1 Å². The number of halogens is 1. The Morgan fingerprint density at radius 2 is 2.14 bits per heavy atom. The molecule has 0 saturated heterocycles. The van der Waals surface area contributed by atoms with E-state index in [2.05, 4.69) is 21.2 Å². The van der Waals surface area contributed by atoms with Gasteiger partial charge < -0.3 is 19.4 Å². The van der Waals surface area contributed by atoms with Gasteiger partial charge in [-0.1, -0.05) is 13.8 Å². The van der Waals surface area contributed by atoms with Gasteiger partial charge in [0.25, 0.3) is 5.91 Å². The van der Waals surface area contributed by atoms with E-state index in [1.165, 1.54) is 0 Å². The van der Waals surface area contributed by atoms with Crippen LogP contribution in [0.4, 0.5) is 0 Å². The molecule has 0 spiro atoms. The van der Waals surface area contributed by atoms with Gasteiger partial charge in [0.05, 0.1) is 13.2 Å². The van der Waals surface area contributed by atoms with Crippen molar-refractivity contribution in [2.24, 2.45) is 5.92 Å². The van der Waals surface area contributed by atoms with E-state index in [0.29, 0.717) is 30.3 Å². The molecule has 1 N–H and O–H groups in total. The van der Waals surface area contributed by atoms with Crippen LogP contribution in [0.1, 0.15) is 24.4 Å². The molecule has 0 atom stereocenters. The Morgan fingerprint density at radius 1 is 1.43 bits per heavy atom. The summed E-state index contributed by atoms with van der Waals surface area (Å²) in [5, 5.41) is 2.56. The summed E-state index contributed by atoms with van der Waals surface area (Å²) in [6.07, 6.45) is 0. The largest absolute Gasteiger partial charge is 0.444 e. The molecule has 1 rings (SSSR count). The van der Waals surface area contributed by atoms with E-state index < -0.39 is 5.91 Å². The van der Waals surface area contributed by atoms with Crippen molar-refractivity contribution >= 4 is 27.7 Å². The fraction of sp³-hybridized carbons (Fsp3) is 0.571. The first-order valence-electron chi connectivity index (χ1n) is 6.74. The maximum Gasteiger partial charge on any atom is 0.287 e. The molecule has 1 aromatic heterocycles. The van der Waals surface area contributed by atoms with Crippen LogP contribution in [0.25, 0.3) is 0 Å². The zero-order valence-electron chi connectivity index (χ0n) is 12.5. The highest BCUT2D eigenvalue weighted by Gasteiger charge is 2.17. The fourth-order valence-electron chi connectivity index (χ4n) is 1.75. The first-order chi connectivity index (χ1) is 9.93. The highest BCUT2D eigenvalue weighted by Crippen LogP contribution is 2.13. The second-order valence-corrected chi connectivity index (χ2v) is 5.79. The highest BCUT2D eigenvalue weighted by molar-refractivity contribution is 9.10. The summed E-state index contributed by atoms with van der Waals surface area (Å²) in [4.78, 5) is 25.6. The molecule has 0 aliphatic heterocycles. The zero-order chi connectivity index (χ0) is 15.8. The molecule has 0 unspecified atom stereocenters. The summed E-state index contributed by atoms with van der Waals surface area (Å²) in [6, 6.07) is 3.17. The molecule has 21 heavy (non-hydrogen) atoms. The van der Waals surface area contributed by atoms with Gasteiger partial charge in [-0.15, -0.1) is 0 Å². The van der Waals surface area contributed by atoms with Crippen LogP contribution in [0, 0.1) is 5.92 Å². The summed E-state index contributed by atoms with van der Waals surface area (Å²) >= 11 is 3.12. The zero-order valence-corrected chi connectivity index (χ0v) is 14.1. The van der Waals surface area contributed by atoms with E-state index in [-0.39, 0.29) is 18.2 Å². The molecule has 0 aliphatic rings. The van der Waals surface area contributed by atoms with Crippen LogP contribution in [0.2, 0.25) is 0 Å². The summed E-state index contributed by atoms with van der Waals surface area (Å²) in [6.45, 7) is 5.61. The number of methoxy groups -OCH3 is 1. The van der Waals surface area contributed by atoms with Crippen LogP contribution < -0.4 is 5.32 Å². The van der Waals surface area contributed by atoms with Crippen molar-refractivity contribution in [1.82, 2.24) is 10.2 Å². The number of carbonyl (C=O) groups is 2. The van der Waals surface area contributed by atoms with Crippen LogP contribution in [-0.2, 0) is 9.53 Å². The second kappa shape index (κ2) is 8.84. The van der Waals surface area contributed by atoms with Gasteiger partial charge in [-0.3, -0.25) is 9.59 Å². The quantitative estimate of drug-likeness (QED) is 0.768. The average molecular weight is 361 g/mol. The first-order valence-corrected chi connectivity index (χ1v) is 7.53. The third-order valence-electron chi connectivity index (χ3n) is 2.70. The topological polar surface area (TPSA) is 71.8 Å². The minimum absolute atomic E-state index is 0.0619. The molecule has 6 nitrogen and oxygen atoms in total. The number of nitrogens with zero attached hydrogens (tertiary/aromatic N) is 1. The van der Waals surface area contributed by atoms with Crippen LogP contribution in [0.3, 0.4) is 0 Å². The molecule has 0 fully saturated rings.